The Bertz CT molecular complexity index is 1050. The molecular formula is C21H25BrN6O2S. The number of aromatic nitrogens is 4. The maximum atomic E-state index is 12.4. The van der Waals surface area contributed by atoms with Gasteiger partial charge in [-0.15, -0.1) is 0 Å². The van der Waals surface area contributed by atoms with Gasteiger partial charge in [-0.1, -0.05) is 41.5 Å². The standard InChI is InChI=1S/C21H25BrN6O2S/c1-14(2)31-21-25-18(27-9-11-30-12-10-27)17-13-24-28(19(17)26-21)8-7-23-20(29)15-3-5-16(22)6-4-15/h3-6,13-14H,7-12H2,1-2H3,(H,23,29). The molecule has 0 radical (unpaired) electrons. The number of amides is 1. The van der Waals surface area contributed by atoms with Crippen molar-refractivity contribution in [1.82, 2.24) is 25.1 Å². The number of nitrogens with one attached hydrogen (secondary N) is 1. The van der Waals surface area contributed by atoms with Crippen LogP contribution < -0.4 is 10.2 Å². The van der Waals surface area contributed by atoms with Crippen molar-refractivity contribution in [1.29, 1.82) is 0 Å². The van der Waals surface area contributed by atoms with Gasteiger partial charge in [-0.05, 0) is 24.3 Å². The smallest absolute Gasteiger partial charge is 0.251 e. The molecule has 0 bridgehead atoms. The van der Waals surface area contributed by atoms with E-state index in [1.165, 1.54) is 0 Å². The van der Waals surface area contributed by atoms with Crippen LogP contribution >= 0.6 is 27.7 Å². The van der Waals surface area contributed by atoms with Crippen LogP contribution in [0.1, 0.15) is 24.2 Å². The Labute approximate surface area is 193 Å². The summed E-state index contributed by atoms with van der Waals surface area (Å²) < 4.78 is 8.28. The van der Waals surface area contributed by atoms with Crippen LogP contribution in [0.4, 0.5) is 5.82 Å². The number of benzene rings is 1. The molecule has 1 fully saturated rings. The Morgan fingerprint density at radius 3 is 2.68 bits per heavy atom. The van der Waals surface area contributed by atoms with Gasteiger partial charge >= 0.3 is 0 Å². The summed E-state index contributed by atoms with van der Waals surface area (Å²) in [6.45, 7) is 8.21. The number of ether oxygens (including phenoxy) is 1. The third-order valence-electron chi connectivity index (χ3n) is 4.82. The van der Waals surface area contributed by atoms with Gasteiger partial charge in [0.05, 0.1) is 31.3 Å². The first-order valence-electron chi connectivity index (χ1n) is 10.3. The van der Waals surface area contributed by atoms with Gasteiger partial charge in [0, 0.05) is 34.9 Å². The van der Waals surface area contributed by atoms with Gasteiger partial charge in [-0.3, -0.25) is 4.79 Å². The van der Waals surface area contributed by atoms with E-state index < -0.39 is 0 Å². The molecule has 0 unspecified atom stereocenters. The van der Waals surface area contributed by atoms with E-state index in [1.807, 2.05) is 23.0 Å². The van der Waals surface area contributed by atoms with Crippen molar-refractivity contribution in [3.8, 4) is 0 Å². The normalized spacial score (nSPS) is 14.4. The molecule has 0 atom stereocenters. The average molecular weight is 505 g/mol. The Morgan fingerprint density at radius 1 is 1.23 bits per heavy atom. The summed E-state index contributed by atoms with van der Waals surface area (Å²) in [4.78, 5) is 24.2. The lowest BCUT2D eigenvalue weighted by atomic mass is 10.2. The molecule has 0 aliphatic carbocycles. The molecule has 3 aromatic rings. The van der Waals surface area contributed by atoms with Gasteiger partial charge in [-0.2, -0.15) is 5.10 Å². The fraction of sp³-hybridized carbons (Fsp3) is 0.429. The Hall–Kier alpha value is -2.17. The van der Waals surface area contributed by atoms with Gasteiger partial charge in [0.25, 0.3) is 5.91 Å². The van der Waals surface area contributed by atoms with E-state index >= 15 is 0 Å². The first kappa shape index (κ1) is 22.0. The molecule has 1 saturated heterocycles. The predicted molar refractivity (Wildman–Crippen MR) is 126 cm³/mol. The fourth-order valence-electron chi connectivity index (χ4n) is 3.34. The number of anilines is 1. The summed E-state index contributed by atoms with van der Waals surface area (Å²) in [6.07, 6.45) is 1.82. The van der Waals surface area contributed by atoms with Crippen LogP contribution in [-0.4, -0.2) is 63.8 Å². The third kappa shape index (κ3) is 5.36. The quantitative estimate of drug-likeness (QED) is 0.390. The zero-order chi connectivity index (χ0) is 21.8. The van der Waals surface area contributed by atoms with E-state index in [9.17, 15) is 4.79 Å². The zero-order valence-electron chi connectivity index (χ0n) is 17.5. The van der Waals surface area contributed by atoms with Crippen LogP contribution in [0.2, 0.25) is 0 Å². The second-order valence-corrected chi connectivity index (χ2v) is 9.92. The first-order valence-corrected chi connectivity index (χ1v) is 11.9. The van der Waals surface area contributed by atoms with Crippen molar-refractivity contribution in [3.05, 3.63) is 40.5 Å². The minimum atomic E-state index is -0.108. The second-order valence-electron chi connectivity index (χ2n) is 7.46. The summed E-state index contributed by atoms with van der Waals surface area (Å²) in [5.41, 5.74) is 1.42. The van der Waals surface area contributed by atoms with Gasteiger partial charge in [-0.25, -0.2) is 14.6 Å². The van der Waals surface area contributed by atoms with Gasteiger partial charge in [0.1, 0.15) is 5.82 Å². The van der Waals surface area contributed by atoms with E-state index in [0.717, 1.165) is 39.6 Å². The molecule has 1 N–H and O–H groups in total. The monoisotopic (exact) mass is 504 g/mol. The second kappa shape index (κ2) is 9.97. The van der Waals surface area contributed by atoms with Gasteiger partial charge in [0.2, 0.25) is 0 Å². The maximum absolute atomic E-state index is 12.4. The molecule has 10 heteroatoms. The van der Waals surface area contributed by atoms with Crippen molar-refractivity contribution in [2.75, 3.05) is 37.7 Å². The minimum Gasteiger partial charge on any atom is -0.378 e. The number of carbonyl (C=O) groups is 1. The van der Waals surface area contributed by atoms with Crippen molar-refractivity contribution < 1.29 is 9.53 Å². The highest BCUT2D eigenvalue weighted by Crippen LogP contribution is 2.29. The first-order chi connectivity index (χ1) is 15.0. The third-order valence-corrected chi connectivity index (χ3v) is 6.22. The highest BCUT2D eigenvalue weighted by molar-refractivity contribution is 9.10. The van der Waals surface area contributed by atoms with E-state index in [0.29, 0.717) is 37.1 Å². The lowest BCUT2D eigenvalue weighted by Crippen LogP contribution is -2.37. The topological polar surface area (TPSA) is 85.2 Å². The van der Waals surface area contributed by atoms with Crippen LogP contribution in [0.25, 0.3) is 11.0 Å². The number of halogens is 1. The number of carbonyl (C=O) groups excluding carboxylic acids is 1. The van der Waals surface area contributed by atoms with Crippen LogP contribution in [-0.2, 0) is 11.3 Å². The molecule has 1 aliphatic heterocycles. The minimum absolute atomic E-state index is 0.108. The number of nitrogens with zero attached hydrogens (tertiary/aromatic N) is 5. The molecule has 0 spiro atoms. The molecule has 164 valence electrons. The average Bonchev–Trinajstić information content (AvgIpc) is 3.16. The van der Waals surface area contributed by atoms with Crippen LogP contribution in [0, 0.1) is 0 Å². The van der Waals surface area contributed by atoms with Gasteiger partial charge < -0.3 is 15.0 Å². The summed E-state index contributed by atoms with van der Waals surface area (Å²) in [5, 5.41) is 9.53. The van der Waals surface area contributed by atoms with E-state index in [-0.39, 0.29) is 5.91 Å². The van der Waals surface area contributed by atoms with Gasteiger partial charge in [0.15, 0.2) is 10.8 Å². The molecule has 1 amide bonds. The van der Waals surface area contributed by atoms with E-state index in [1.54, 1.807) is 23.9 Å². The number of hydrogen-bond acceptors (Lipinski definition) is 7. The summed E-state index contributed by atoms with van der Waals surface area (Å²) in [6, 6.07) is 7.29. The SMILES string of the molecule is CC(C)Sc1nc(N2CCOCC2)c2cnn(CCNC(=O)c3ccc(Br)cc3)c2n1. The molecule has 1 aliphatic rings. The van der Waals surface area contributed by atoms with E-state index in [4.69, 9.17) is 14.7 Å². The van der Waals surface area contributed by atoms with Crippen molar-refractivity contribution in [2.45, 2.75) is 30.8 Å². The maximum Gasteiger partial charge on any atom is 0.251 e. The summed E-state index contributed by atoms with van der Waals surface area (Å²) in [7, 11) is 0. The molecular weight excluding hydrogens is 480 g/mol. The fourth-order valence-corrected chi connectivity index (χ4v) is 4.31. The van der Waals surface area contributed by atoms with E-state index in [2.05, 4.69) is 45.1 Å². The predicted octanol–water partition coefficient (Wildman–Crippen LogP) is 3.36. The Morgan fingerprint density at radius 2 is 1.97 bits per heavy atom. The number of fused-ring (bicyclic) bond motifs is 1. The molecule has 3 heterocycles. The van der Waals surface area contributed by atoms with Crippen molar-refractivity contribution in [3.63, 3.8) is 0 Å². The number of hydrogen-bond donors (Lipinski definition) is 1. The number of rotatable bonds is 7. The Balaban J connectivity index is 1.53. The van der Waals surface area contributed by atoms with Crippen LogP contribution in [0.5, 0.6) is 0 Å². The largest absolute Gasteiger partial charge is 0.378 e. The highest BCUT2D eigenvalue weighted by atomic mass is 79.9. The van der Waals surface area contributed by atoms with Crippen molar-refractivity contribution in [2.24, 2.45) is 0 Å². The van der Waals surface area contributed by atoms with Crippen LogP contribution in [0.15, 0.2) is 40.1 Å². The Kier molecular flexibility index (Phi) is 7.09. The zero-order valence-corrected chi connectivity index (χ0v) is 19.9. The number of morpholine rings is 1. The molecule has 31 heavy (non-hydrogen) atoms. The lowest BCUT2D eigenvalue weighted by molar-refractivity contribution is 0.0952. The summed E-state index contributed by atoms with van der Waals surface area (Å²) >= 11 is 5.02. The molecule has 4 rings (SSSR count). The summed E-state index contributed by atoms with van der Waals surface area (Å²) in [5.74, 6) is 0.797. The highest BCUT2D eigenvalue weighted by Gasteiger charge is 2.20. The number of thioether (sulfide) groups is 1. The molecule has 2 aromatic heterocycles. The molecule has 8 nitrogen and oxygen atoms in total. The molecule has 1 aromatic carbocycles. The van der Waals surface area contributed by atoms with Crippen molar-refractivity contribution >= 4 is 50.5 Å². The molecule has 0 saturated carbocycles. The van der Waals surface area contributed by atoms with Crippen LogP contribution in [0.3, 0.4) is 0 Å². The lowest BCUT2D eigenvalue weighted by Gasteiger charge is -2.28.